The van der Waals surface area contributed by atoms with Gasteiger partial charge in [0.15, 0.2) is 0 Å². The van der Waals surface area contributed by atoms with Gasteiger partial charge in [-0.05, 0) is 18.2 Å². The average Bonchev–Trinajstić information content (AvgIpc) is 1.78. The summed E-state index contributed by atoms with van der Waals surface area (Å²) in [5.41, 5.74) is 1.78. The van der Waals surface area contributed by atoms with Crippen molar-refractivity contribution >= 4 is 11.9 Å². The van der Waals surface area contributed by atoms with Crippen LogP contribution >= 0.6 is 0 Å². The number of nitrogens with zero attached hydrogens (tertiary/aromatic N) is 1. The van der Waals surface area contributed by atoms with Crippen LogP contribution in [-0.4, -0.2) is 6.21 Å². The zero-order chi connectivity index (χ0) is 6.27. The molecule has 0 atom stereocenters. The SMILES string of the molecule is Fc1ccc2c(c1)C=N2. The van der Waals surface area contributed by atoms with Gasteiger partial charge in [-0.2, -0.15) is 0 Å². The maximum atomic E-state index is 12.3. The van der Waals surface area contributed by atoms with E-state index in [1.54, 1.807) is 12.3 Å². The molecule has 0 bridgehead atoms. The number of aliphatic imine (C=N–C) groups is 1. The maximum Gasteiger partial charge on any atom is 0.124 e. The molecule has 0 N–H and O–H groups in total. The lowest BCUT2D eigenvalue weighted by Crippen LogP contribution is -1.91. The summed E-state index contributed by atoms with van der Waals surface area (Å²) < 4.78 is 12.3. The van der Waals surface area contributed by atoms with E-state index in [0.29, 0.717) is 0 Å². The van der Waals surface area contributed by atoms with Gasteiger partial charge in [0.05, 0.1) is 5.69 Å². The summed E-state index contributed by atoms with van der Waals surface area (Å²) >= 11 is 0. The fourth-order valence-corrected chi connectivity index (χ4v) is 0.819. The van der Waals surface area contributed by atoms with E-state index in [1.165, 1.54) is 12.1 Å². The highest BCUT2D eigenvalue weighted by Gasteiger charge is 2.05. The molecular weight excluding hydrogens is 117 g/mol. The molecule has 44 valence electrons. The number of halogens is 1. The van der Waals surface area contributed by atoms with Crippen molar-refractivity contribution in [3.8, 4) is 0 Å². The summed E-state index contributed by atoms with van der Waals surface area (Å²) in [6.07, 6.45) is 1.65. The van der Waals surface area contributed by atoms with Crippen molar-refractivity contribution in [3.05, 3.63) is 29.6 Å². The minimum atomic E-state index is -0.195. The van der Waals surface area contributed by atoms with Crippen LogP contribution in [0.3, 0.4) is 0 Å². The van der Waals surface area contributed by atoms with Gasteiger partial charge < -0.3 is 0 Å². The molecule has 1 aromatic carbocycles. The van der Waals surface area contributed by atoms with Gasteiger partial charge in [-0.15, -0.1) is 0 Å². The molecule has 0 aliphatic carbocycles. The molecule has 2 heteroatoms. The molecule has 0 spiro atoms. The van der Waals surface area contributed by atoms with Crippen LogP contribution in [0.1, 0.15) is 5.56 Å². The molecule has 1 heterocycles. The van der Waals surface area contributed by atoms with E-state index in [-0.39, 0.29) is 5.82 Å². The summed E-state index contributed by atoms with van der Waals surface area (Å²) in [5, 5.41) is 0. The van der Waals surface area contributed by atoms with E-state index in [2.05, 4.69) is 4.99 Å². The number of benzene rings is 1. The third kappa shape index (κ3) is 0.560. The highest BCUT2D eigenvalue weighted by Crippen LogP contribution is 2.24. The Morgan fingerprint density at radius 2 is 2.22 bits per heavy atom. The molecule has 1 aliphatic heterocycles. The van der Waals surface area contributed by atoms with Crippen LogP contribution in [0.15, 0.2) is 23.2 Å². The van der Waals surface area contributed by atoms with Crippen LogP contribution in [0.5, 0.6) is 0 Å². The molecule has 0 saturated heterocycles. The van der Waals surface area contributed by atoms with Crippen LogP contribution in [0, 0.1) is 5.82 Å². The fraction of sp³-hybridized carbons (Fsp3) is 0. The van der Waals surface area contributed by atoms with E-state index in [4.69, 9.17) is 0 Å². The van der Waals surface area contributed by atoms with Crippen molar-refractivity contribution < 1.29 is 4.39 Å². The van der Waals surface area contributed by atoms with Crippen LogP contribution in [0.4, 0.5) is 10.1 Å². The average molecular weight is 121 g/mol. The van der Waals surface area contributed by atoms with E-state index < -0.39 is 0 Å². The lowest BCUT2D eigenvalue weighted by atomic mass is 10.1. The Morgan fingerprint density at radius 3 is 2.67 bits per heavy atom. The predicted octanol–water partition coefficient (Wildman–Crippen LogP) is 1.89. The van der Waals surface area contributed by atoms with Gasteiger partial charge in [0.1, 0.15) is 5.82 Å². The predicted molar refractivity (Wildman–Crippen MR) is 33.7 cm³/mol. The largest absolute Gasteiger partial charge is 0.255 e. The quantitative estimate of drug-likeness (QED) is 0.504. The van der Waals surface area contributed by atoms with Gasteiger partial charge in [0, 0.05) is 11.8 Å². The molecular formula is C7H4FN. The monoisotopic (exact) mass is 121 g/mol. The van der Waals surface area contributed by atoms with Crippen molar-refractivity contribution in [2.45, 2.75) is 0 Å². The molecule has 0 unspecified atom stereocenters. The Hall–Kier alpha value is -1.18. The fourth-order valence-electron chi connectivity index (χ4n) is 0.819. The molecule has 2 rings (SSSR count). The Kier molecular flexibility index (Phi) is 0.730. The molecule has 0 fully saturated rings. The van der Waals surface area contributed by atoms with Gasteiger partial charge in [-0.25, -0.2) is 4.39 Å². The summed E-state index contributed by atoms with van der Waals surface area (Å²) in [6.45, 7) is 0. The van der Waals surface area contributed by atoms with Gasteiger partial charge in [-0.1, -0.05) is 0 Å². The van der Waals surface area contributed by atoms with Crippen molar-refractivity contribution in [2.24, 2.45) is 4.99 Å². The van der Waals surface area contributed by atoms with E-state index in [0.717, 1.165) is 11.3 Å². The Balaban J connectivity index is 2.63. The second kappa shape index (κ2) is 1.41. The number of hydrogen-bond donors (Lipinski definition) is 0. The van der Waals surface area contributed by atoms with E-state index in [1.807, 2.05) is 0 Å². The van der Waals surface area contributed by atoms with Gasteiger partial charge in [0.25, 0.3) is 0 Å². The normalized spacial score (nSPS) is 12.6. The van der Waals surface area contributed by atoms with Gasteiger partial charge in [0.2, 0.25) is 0 Å². The minimum Gasteiger partial charge on any atom is -0.255 e. The first-order valence-corrected chi connectivity index (χ1v) is 2.70. The summed E-state index contributed by atoms with van der Waals surface area (Å²) in [4.78, 5) is 3.88. The summed E-state index contributed by atoms with van der Waals surface area (Å²) in [5.74, 6) is -0.195. The Bertz CT molecular complexity index is 278. The van der Waals surface area contributed by atoms with Crippen LogP contribution in [0.25, 0.3) is 0 Å². The molecule has 0 saturated carbocycles. The standard InChI is InChI=1S/C7H4FN/c8-6-1-2-7-5(3-6)4-9-7/h1-4H. The molecule has 1 aliphatic rings. The molecule has 9 heavy (non-hydrogen) atoms. The highest BCUT2D eigenvalue weighted by atomic mass is 19.1. The second-order valence-corrected chi connectivity index (χ2v) is 1.96. The van der Waals surface area contributed by atoms with Crippen molar-refractivity contribution in [2.75, 3.05) is 0 Å². The minimum absolute atomic E-state index is 0.195. The number of fused-ring (bicyclic) bond motifs is 1. The molecule has 0 aromatic heterocycles. The maximum absolute atomic E-state index is 12.3. The lowest BCUT2D eigenvalue weighted by Gasteiger charge is -2.06. The Labute approximate surface area is 51.9 Å². The molecule has 0 radical (unpaired) electrons. The third-order valence-electron chi connectivity index (χ3n) is 1.33. The van der Waals surface area contributed by atoms with E-state index >= 15 is 0 Å². The summed E-state index contributed by atoms with van der Waals surface area (Å²) in [7, 11) is 0. The Morgan fingerprint density at radius 1 is 1.33 bits per heavy atom. The van der Waals surface area contributed by atoms with Gasteiger partial charge in [-0.3, -0.25) is 4.99 Å². The zero-order valence-electron chi connectivity index (χ0n) is 4.63. The highest BCUT2D eigenvalue weighted by molar-refractivity contribution is 5.96. The van der Waals surface area contributed by atoms with Crippen LogP contribution in [-0.2, 0) is 0 Å². The first-order valence-electron chi connectivity index (χ1n) is 2.70. The van der Waals surface area contributed by atoms with Crippen LogP contribution < -0.4 is 0 Å². The second-order valence-electron chi connectivity index (χ2n) is 1.96. The molecule has 1 aromatic rings. The molecule has 0 amide bonds. The van der Waals surface area contributed by atoms with E-state index in [9.17, 15) is 4.39 Å². The van der Waals surface area contributed by atoms with Crippen LogP contribution in [0.2, 0.25) is 0 Å². The zero-order valence-corrected chi connectivity index (χ0v) is 4.63. The van der Waals surface area contributed by atoms with Gasteiger partial charge >= 0.3 is 0 Å². The van der Waals surface area contributed by atoms with Crippen molar-refractivity contribution in [1.29, 1.82) is 0 Å². The number of rotatable bonds is 0. The smallest absolute Gasteiger partial charge is 0.124 e. The third-order valence-corrected chi connectivity index (χ3v) is 1.33. The van der Waals surface area contributed by atoms with Crippen molar-refractivity contribution in [3.63, 3.8) is 0 Å². The topological polar surface area (TPSA) is 12.4 Å². The molecule has 1 nitrogen and oxygen atoms in total. The summed E-state index contributed by atoms with van der Waals surface area (Å²) in [6, 6.07) is 4.56. The first kappa shape index (κ1) is 4.68. The lowest BCUT2D eigenvalue weighted by molar-refractivity contribution is 0.627. The first-order chi connectivity index (χ1) is 4.36. The van der Waals surface area contributed by atoms with Crippen molar-refractivity contribution in [1.82, 2.24) is 0 Å². The number of hydrogen-bond acceptors (Lipinski definition) is 1.